The van der Waals surface area contributed by atoms with E-state index in [1.807, 2.05) is 26.2 Å². The molecule has 3 heterocycles. The Morgan fingerprint density at radius 3 is 2.74 bits per heavy atom. The first-order valence-corrected chi connectivity index (χ1v) is 6.85. The zero-order valence-electron chi connectivity index (χ0n) is 10.7. The van der Waals surface area contributed by atoms with Crippen LogP contribution in [0.15, 0.2) is 17.4 Å². The largest absolute Gasteiger partial charge is 0.272 e. The Morgan fingerprint density at radius 1 is 1.16 bits per heavy atom. The molecule has 0 saturated heterocycles. The molecular weight excluding hydrogens is 262 g/mol. The molecule has 0 fully saturated rings. The van der Waals surface area contributed by atoms with E-state index in [2.05, 4.69) is 30.2 Å². The topological polar surface area (TPSA) is 81.8 Å². The van der Waals surface area contributed by atoms with Gasteiger partial charge >= 0.3 is 0 Å². The Labute approximate surface area is 113 Å². The lowest BCUT2D eigenvalue weighted by Crippen LogP contribution is -2.04. The molecule has 3 aromatic heterocycles. The molecule has 3 rings (SSSR count). The summed E-state index contributed by atoms with van der Waals surface area (Å²) in [4.78, 5) is 12.7. The minimum Gasteiger partial charge on any atom is -0.242 e. The third kappa shape index (κ3) is 2.03. The Bertz CT molecular complexity index is 752. The average Bonchev–Trinajstić information content (AvgIpc) is 2.83. The molecule has 0 saturated carbocycles. The number of rotatable bonds is 2. The van der Waals surface area contributed by atoms with Crippen molar-refractivity contribution in [3.05, 3.63) is 23.8 Å². The summed E-state index contributed by atoms with van der Waals surface area (Å²) in [7, 11) is 0. The number of aromatic nitrogens is 7. The van der Waals surface area contributed by atoms with Gasteiger partial charge in [-0.05, 0) is 26.2 Å². The Kier molecular flexibility index (Phi) is 2.86. The molecular formula is C11H11N7S. The maximum absolute atomic E-state index is 4.36. The SMILES string of the molecule is CSc1nc2nnc(-c3ccnc(C)n3)c(C)n2n1. The van der Waals surface area contributed by atoms with Crippen LogP contribution in [0.4, 0.5) is 0 Å². The van der Waals surface area contributed by atoms with Crippen molar-refractivity contribution in [3.8, 4) is 11.4 Å². The van der Waals surface area contributed by atoms with E-state index in [0.29, 0.717) is 22.5 Å². The number of aryl methyl sites for hydroxylation is 2. The monoisotopic (exact) mass is 273 g/mol. The smallest absolute Gasteiger partial charge is 0.242 e. The minimum atomic E-state index is 0.497. The summed E-state index contributed by atoms with van der Waals surface area (Å²) in [5, 5.41) is 13.3. The van der Waals surface area contributed by atoms with E-state index in [-0.39, 0.29) is 0 Å². The van der Waals surface area contributed by atoms with Crippen molar-refractivity contribution >= 4 is 17.5 Å². The van der Waals surface area contributed by atoms with E-state index in [0.717, 1.165) is 11.4 Å². The van der Waals surface area contributed by atoms with Gasteiger partial charge in [0.2, 0.25) is 5.16 Å². The molecule has 0 atom stereocenters. The first-order chi connectivity index (χ1) is 9.19. The fraction of sp³-hybridized carbons (Fsp3) is 0.273. The number of fused-ring (bicyclic) bond motifs is 1. The van der Waals surface area contributed by atoms with E-state index in [1.165, 1.54) is 11.8 Å². The molecule has 0 aliphatic carbocycles. The van der Waals surface area contributed by atoms with Gasteiger partial charge in [0.15, 0.2) is 0 Å². The zero-order valence-corrected chi connectivity index (χ0v) is 11.5. The molecule has 8 heteroatoms. The lowest BCUT2D eigenvalue weighted by molar-refractivity contribution is 0.823. The van der Waals surface area contributed by atoms with Crippen molar-refractivity contribution in [1.29, 1.82) is 0 Å². The van der Waals surface area contributed by atoms with Crippen LogP contribution in [0, 0.1) is 13.8 Å². The van der Waals surface area contributed by atoms with Crippen LogP contribution < -0.4 is 0 Å². The summed E-state index contributed by atoms with van der Waals surface area (Å²) >= 11 is 1.47. The number of hydrogen-bond acceptors (Lipinski definition) is 7. The fourth-order valence-corrected chi connectivity index (χ4v) is 2.09. The second kappa shape index (κ2) is 4.54. The van der Waals surface area contributed by atoms with Gasteiger partial charge in [-0.3, -0.25) is 0 Å². The summed E-state index contributed by atoms with van der Waals surface area (Å²) in [6.07, 6.45) is 3.63. The van der Waals surface area contributed by atoms with Crippen LogP contribution in [0.5, 0.6) is 0 Å². The molecule has 3 aromatic rings. The van der Waals surface area contributed by atoms with Gasteiger partial charge in [0, 0.05) is 6.20 Å². The second-order valence-corrected chi connectivity index (χ2v) is 4.71. The van der Waals surface area contributed by atoms with Gasteiger partial charge in [-0.2, -0.15) is 9.50 Å². The van der Waals surface area contributed by atoms with E-state index < -0.39 is 0 Å². The molecule has 0 radical (unpaired) electrons. The highest BCUT2D eigenvalue weighted by Gasteiger charge is 2.13. The highest BCUT2D eigenvalue weighted by molar-refractivity contribution is 7.98. The van der Waals surface area contributed by atoms with Crippen molar-refractivity contribution in [1.82, 2.24) is 34.8 Å². The first kappa shape index (κ1) is 12.0. The van der Waals surface area contributed by atoms with Crippen molar-refractivity contribution < 1.29 is 0 Å². The number of thioether (sulfide) groups is 1. The highest BCUT2D eigenvalue weighted by atomic mass is 32.2. The highest BCUT2D eigenvalue weighted by Crippen LogP contribution is 2.19. The quantitative estimate of drug-likeness (QED) is 0.651. The normalized spacial score (nSPS) is 11.1. The molecule has 0 aliphatic rings. The van der Waals surface area contributed by atoms with Crippen LogP contribution >= 0.6 is 11.8 Å². The van der Waals surface area contributed by atoms with Crippen molar-refractivity contribution in [2.45, 2.75) is 19.0 Å². The van der Waals surface area contributed by atoms with Gasteiger partial charge in [-0.1, -0.05) is 11.8 Å². The molecule has 7 nitrogen and oxygen atoms in total. The summed E-state index contributed by atoms with van der Waals surface area (Å²) in [6.45, 7) is 3.76. The first-order valence-electron chi connectivity index (χ1n) is 5.63. The van der Waals surface area contributed by atoms with E-state index in [1.54, 1.807) is 10.7 Å². The van der Waals surface area contributed by atoms with Crippen LogP contribution in [0.2, 0.25) is 0 Å². The van der Waals surface area contributed by atoms with Gasteiger partial charge in [0.05, 0.1) is 11.4 Å². The van der Waals surface area contributed by atoms with Crippen molar-refractivity contribution in [2.75, 3.05) is 6.26 Å². The molecule has 19 heavy (non-hydrogen) atoms. The summed E-state index contributed by atoms with van der Waals surface area (Å²) in [5.41, 5.74) is 2.28. The third-order valence-electron chi connectivity index (χ3n) is 2.67. The molecule has 96 valence electrons. The van der Waals surface area contributed by atoms with Gasteiger partial charge in [-0.25, -0.2) is 9.97 Å². The predicted molar refractivity (Wildman–Crippen MR) is 70.9 cm³/mol. The predicted octanol–water partition coefficient (Wildman–Crippen LogP) is 1.32. The van der Waals surface area contributed by atoms with Crippen molar-refractivity contribution in [3.63, 3.8) is 0 Å². The van der Waals surface area contributed by atoms with Crippen LogP contribution in [-0.4, -0.2) is 41.0 Å². The fourth-order valence-electron chi connectivity index (χ4n) is 1.75. The Morgan fingerprint density at radius 2 is 2.00 bits per heavy atom. The molecule has 0 unspecified atom stereocenters. The van der Waals surface area contributed by atoms with E-state index in [9.17, 15) is 0 Å². The Balaban J connectivity index is 2.22. The van der Waals surface area contributed by atoms with Crippen molar-refractivity contribution in [2.24, 2.45) is 0 Å². The molecule has 0 spiro atoms. The number of nitrogens with zero attached hydrogens (tertiary/aromatic N) is 7. The third-order valence-corrected chi connectivity index (χ3v) is 3.21. The minimum absolute atomic E-state index is 0.497. The molecule has 0 amide bonds. The molecule has 0 N–H and O–H groups in total. The van der Waals surface area contributed by atoms with Gasteiger partial charge in [-0.15, -0.1) is 15.3 Å². The zero-order chi connectivity index (χ0) is 13.4. The summed E-state index contributed by atoms with van der Waals surface area (Å²) in [5.74, 6) is 1.19. The lowest BCUT2D eigenvalue weighted by atomic mass is 10.2. The number of hydrogen-bond donors (Lipinski definition) is 0. The Hall–Kier alpha value is -2.09. The summed E-state index contributed by atoms with van der Waals surface area (Å²) < 4.78 is 1.69. The average molecular weight is 273 g/mol. The van der Waals surface area contributed by atoms with Gasteiger partial charge in [0.1, 0.15) is 11.5 Å². The standard InChI is InChI=1S/C11H11N7S/c1-6-9(8-4-5-12-7(2)13-8)15-16-10-14-11(19-3)17-18(6)10/h4-5H,1-3H3. The van der Waals surface area contributed by atoms with Crippen LogP contribution in [0.1, 0.15) is 11.5 Å². The maximum atomic E-state index is 4.36. The van der Waals surface area contributed by atoms with Crippen LogP contribution in [0.3, 0.4) is 0 Å². The van der Waals surface area contributed by atoms with Gasteiger partial charge < -0.3 is 0 Å². The molecule has 0 aromatic carbocycles. The second-order valence-electron chi connectivity index (χ2n) is 3.93. The van der Waals surface area contributed by atoms with E-state index in [4.69, 9.17) is 0 Å². The van der Waals surface area contributed by atoms with Gasteiger partial charge in [0.25, 0.3) is 5.78 Å². The van der Waals surface area contributed by atoms with Crippen LogP contribution in [-0.2, 0) is 0 Å². The molecule has 0 aliphatic heterocycles. The lowest BCUT2D eigenvalue weighted by Gasteiger charge is -2.04. The maximum Gasteiger partial charge on any atom is 0.272 e. The van der Waals surface area contributed by atoms with E-state index >= 15 is 0 Å². The van der Waals surface area contributed by atoms with Crippen LogP contribution in [0.25, 0.3) is 17.2 Å². The summed E-state index contributed by atoms with van der Waals surface area (Å²) in [6, 6.07) is 1.81. The molecule has 0 bridgehead atoms.